The largest absolute Gasteiger partial charge is 0.454 e. The number of nitrogens with zero attached hydrogens (tertiary/aromatic N) is 1. The van der Waals surface area contributed by atoms with Gasteiger partial charge >= 0.3 is 0 Å². The summed E-state index contributed by atoms with van der Waals surface area (Å²) in [5.74, 6) is 5.48. The Bertz CT molecular complexity index is 1080. The van der Waals surface area contributed by atoms with Crippen molar-refractivity contribution in [1.82, 2.24) is 0 Å². The van der Waals surface area contributed by atoms with Gasteiger partial charge in [0, 0.05) is 12.1 Å². The number of hydrazine groups is 1. The number of nitrogens with two attached hydrogens (primary N) is 1. The van der Waals surface area contributed by atoms with Crippen LogP contribution >= 0.6 is 23.2 Å². The lowest BCUT2D eigenvalue weighted by Crippen LogP contribution is -2.38. The summed E-state index contributed by atoms with van der Waals surface area (Å²) in [6.45, 7) is 0.370. The van der Waals surface area contributed by atoms with Crippen LogP contribution in [-0.2, 0) is 6.42 Å². The van der Waals surface area contributed by atoms with Gasteiger partial charge in [-0.3, -0.25) is 10.6 Å². The van der Waals surface area contributed by atoms with Crippen molar-refractivity contribution >= 4 is 40.5 Å². The second-order valence-electron chi connectivity index (χ2n) is 6.49. The van der Waals surface area contributed by atoms with Crippen LogP contribution in [0.2, 0.25) is 10.0 Å². The number of anilines is 2. The molecule has 1 aliphatic heterocycles. The minimum atomic E-state index is -0.427. The minimum Gasteiger partial charge on any atom is -0.454 e. The molecule has 0 atom stereocenters. The summed E-state index contributed by atoms with van der Waals surface area (Å²) in [6.07, 6.45) is 0.560. The van der Waals surface area contributed by atoms with E-state index in [-0.39, 0.29) is 11.6 Å². The van der Waals surface area contributed by atoms with Crippen molar-refractivity contribution in [2.24, 2.45) is 5.84 Å². The predicted molar refractivity (Wildman–Crippen MR) is 113 cm³/mol. The van der Waals surface area contributed by atoms with Gasteiger partial charge in [0.25, 0.3) is 5.91 Å². The van der Waals surface area contributed by atoms with Crippen molar-refractivity contribution in [1.29, 1.82) is 0 Å². The third-order valence-corrected chi connectivity index (χ3v) is 5.25. The zero-order valence-corrected chi connectivity index (χ0v) is 16.6. The zero-order valence-electron chi connectivity index (χ0n) is 15.1. The number of halogens is 3. The maximum absolute atomic E-state index is 14.1. The van der Waals surface area contributed by atoms with Gasteiger partial charge in [-0.2, -0.15) is 0 Å². The van der Waals surface area contributed by atoms with E-state index in [4.69, 9.17) is 33.8 Å². The minimum absolute atomic E-state index is 0.252. The number of para-hydroxylation sites is 1. The molecule has 8 heteroatoms. The number of fused-ring (bicyclic) bond motifs is 1. The first-order chi connectivity index (χ1) is 14.0. The van der Waals surface area contributed by atoms with Gasteiger partial charge < -0.3 is 15.1 Å². The van der Waals surface area contributed by atoms with Gasteiger partial charge in [0.1, 0.15) is 11.6 Å². The fourth-order valence-corrected chi connectivity index (χ4v) is 3.85. The average Bonchev–Trinajstić information content (AvgIpc) is 2.71. The summed E-state index contributed by atoms with van der Waals surface area (Å²) < 4.78 is 20.0. The topological polar surface area (TPSA) is 67.6 Å². The van der Waals surface area contributed by atoms with Crippen LogP contribution < -0.4 is 20.9 Å². The molecule has 1 aliphatic rings. The van der Waals surface area contributed by atoms with Crippen molar-refractivity contribution in [2.75, 3.05) is 16.9 Å². The highest BCUT2D eigenvalue weighted by molar-refractivity contribution is 6.37. The van der Waals surface area contributed by atoms with E-state index in [9.17, 15) is 9.18 Å². The molecule has 5 nitrogen and oxygen atoms in total. The maximum Gasteiger partial charge on any atom is 0.258 e. The first-order valence-electron chi connectivity index (χ1n) is 8.81. The zero-order chi connectivity index (χ0) is 20.5. The lowest BCUT2D eigenvalue weighted by Gasteiger charge is -2.29. The summed E-state index contributed by atoms with van der Waals surface area (Å²) in [5, 5.41) is 0.593. The average molecular weight is 432 g/mol. The molecule has 0 bridgehead atoms. The van der Waals surface area contributed by atoms with E-state index in [2.05, 4.69) is 5.43 Å². The van der Waals surface area contributed by atoms with Crippen LogP contribution in [0.3, 0.4) is 0 Å². The molecular weight excluding hydrogens is 416 g/mol. The van der Waals surface area contributed by atoms with Gasteiger partial charge in [-0.25, -0.2) is 4.39 Å². The first kappa shape index (κ1) is 19.5. The number of carbonyl (C=O) groups excluding carboxylic acids is 1. The van der Waals surface area contributed by atoms with E-state index in [1.54, 1.807) is 48.5 Å². The molecule has 0 aliphatic carbocycles. The Morgan fingerprint density at radius 2 is 1.79 bits per heavy atom. The van der Waals surface area contributed by atoms with Gasteiger partial charge in [0.05, 0.1) is 21.4 Å². The Kier molecular flexibility index (Phi) is 5.32. The molecule has 1 amide bonds. The SMILES string of the molecule is NNc1cc(Cl)c(Oc2ccc3c(c2)CCN(c2ccccc2F)C3=O)c(Cl)c1. The molecule has 3 N–H and O–H groups in total. The summed E-state index contributed by atoms with van der Waals surface area (Å²) in [7, 11) is 0. The fraction of sp³-hybridized carbons (Fsp3) is 0.0952. The van der Waals surface area contributed by atoms with Crippen molar-refractivity contribution in [3.05, 3.63) is 81.6 Å². The van der Waals surface area contributed by atoms with Crippen LogP contribution in [0.15, 0.2) is 54.6 Å². The molecule has 0 fully saturated rings. The van der Waals surface area contributed by atoms with E-state index >= 15 is 0 Å². The number of hydrogen-bond acceptors (Lipinski definition) is 4. The van der Waals surface area contributed by atoms with Crippen LogP contribution in [0.1, 0.15) is 15.9 Å². The van der Waals surface area contributed by atoms with Crippen LogP contribution in [0.4, 0.5) is 15.8 Å². The van der Waals surface area contributed by atoms with Gasteiger partial charge in [-0.1, -0.05) is 35.3 Å². The molecule has 148 valence electrons. The standard InChI is InChI=1S/C21H16Cl2FN3O2/c22-16-10-13(26-25)11-17(23)20(16)29-14-5-6-15-12(9-14)7-8-27(21(15)28)19-4-2-1-3-18(19)24/h1-6,9-11,26H,7-8,25H2. The Morgan fingerprint density at radius 3 is 2.48 bits per heavy atom. The molecule has 0 spiro atoms. The van der Waals surface area contributed by atoms with Crippen molar-refractivity contribution in [3.8, 4) is 11.5 Å². The summed E-state index contributed by atoms with van der Waals surface area (Å²) >= 11 is 12.5. The fourth-order valence-electron chi connectivity index (χ4n) is 3.29. The summed E-state index contributed by atoms with van der Waals surface area (Å²) in [6, 6.07) is 14.5. The number of rotatable bonds is 4. The molecule has 4 rings (SSSR count). The second kappa shape index (κ2) is 7.91. The highest BCUT2D eigenvalue weighted by Crippen LogP contribution is 2.39. The predicted octanol–water partition coefficient (Wildman–Crippen LogP) is 5.41. The number of hydrogen-bond donors (Lipinski definition) is 2. The third-order valence-electron chi connectivity index (χ3n) is 4.69. The van der Waals surface area contributed by atoms with Gasteiger partial charge in [0.15, 0.2) is 5.75 Å². The molecule has 3 aromatic rings. The lowest BCUT2D eigenvalue weighted by molar-refractivity contribution is 0.0979. The number of nitrogens with one attached hydrogen (secondary N) is 1. The lowest BCUT2D eigenvalue weighted by atomic mass is 9.98. The quantitative estimate of drug-likeness (QED) is 0.427. The van der Waals surface area contributed by atoms with Crippen LogP contribution in [0.25, 0.3) is 0 Å². The number of ether oxygens (including phenoxy) is 1. The number of benzene rings is 3. The maximum atomic E-state index is 14.1. The van der Waals surface area contributed by atoms with E-state index < -0.39 is 5.82 Å². The third kappa shape index (κ3) is 3.74. The summed E-state index contributed by atoms with van der Waals surface area (Å²) in [4.78, 5) is 14.3. The molecule has 0 unspecified atom stereocenters. The van der Waals surface area contributed by atoms with Crippen molar-refractivity contribution < 1.29 is 13.9 Å². The Morgan fingerprint density at radius 1 is 1.07 bits per heavy atom. The van der Waals surface area contributed by atoms with Gasteiger partial charge in [-0.15, -0.1) is 0 Å². The molecule has 0 radical (unpaired) electrons. The number of nitrogen functional groups attached to an aromatic ring is 1. The molecule has 0 saturated heterocycles. The highest BCUT2D eigenvalue weighted by Gasteiger charge is 2.27. The number of amides is 1. The Balaban J connectivity index is 1.61. The number of carbonyl (C=O) groups is 1. The highest BCUT2D eigenvalue weighted by atomic mass is 35.5. The molecule has 3 aromatic carbocycles. The Hall–Kier alpha value is -2.80. The van der Waals surface area contributed by atoms with Crippen molar-refractivity contribution in [3.63, 3.8) is 0 Å². The molecule has 0 aromatic heterocycles. The first-order valence-corrected chi connectivity index (χ1v) is 9.56. The molecular formula is C21H16Cl2FN3O2. The van der Waals surface area contributed by atoms with E-state index in [0.717, 1.165) is 5.56 Å². The smallest absolute Gasteiger partial charge is 0.258 e. The van der Waals surface area contributed by atoms with Gasteiger partial charge in [-0.05, 0) is 54.4 Å². The van der Waals surface area contributed by atoms with E-state index in [0.29, 0.717) is 45.8 Å². The molecule has 0 saturated carbocycles. The van der Waals surface area contributed by atoms with E-state index in [1.807, 2.05) is 0 Å². The van der Waals surface area contributed by atoms with Crippen LogP contribution in [-0.4, -0.2) is 12.5 Å². The Labute approximate surface area is 176 Å². The van der Waals surface area contributed by atoms with Crippen LogP contribution in [0.5, 0.6) is 11.5 Å². The monoisotopic (exact) mass is 431 g/mol. The molecule has 1 heterocycles. The normalized spacial score (nSPS) is 13.2. The summed E-state index contributed by atoms with van der Waals surface area (Å²) in [5.41, 5.74) is 4.62. The van der Waals surface area contributed by atoms with Gasteiger partial charge in [0.2, 0.25) is 0 Å². The van der Waals surface area contributed by atoms with Crippen molar-refractivity contribution in [2.45, 2.75) is 6.42 Å². The second-order valence-corrected chi connectivity index (χ2v) is 7.31. The van der Waals surface area contributed by atoms with Crippen LogP contribution in [0, 0.1) is 5.82 Å². The molecule has 29 heavy (non-hydrogen) atoms. The van der Waals surface area contributed by atoms with E-state index in [1.165, 1.54) is 11.0 Å².